The fourth-order valence-corrected chi connectivity index (χ4v) is 4.21. The van der Waals surface area contributed by atoms with Gasteiger partial charge in [0.25, 0.3) is 5.24 Å². The van der Waals surface area contributed by atoms with Crippen LogP contribution in [0.5, 0.6) is 0 Å². The minimum Gasteiger partial charge on any atom is -0.390 e. The molecule has 1 aliphatic heterocycles. The number of imide groups is 1. The van der Waals surface area contributed by atoms with E-state index in [0.717, 1.165) is 0 Å². The normalized spacial score (nSPS) is 35.6. The van der Waals surface area contributed by atoms with Gasteiger partial charge in [-0.15, -0.1) is 0 Å². The Morgan fingerprint density at radius 1 is 1.18 bits per heavy atom. The van der Waals surface area contributed by atoms with E-state index >= 15 is 0 Å². The van der Waals surface area contributed by atoms with Crippen molar-refractivity contribution in [2.75, 3.05) is 0 Å². The third-order valence-electron chi connectivity index (χ3n) is 4.94. The van der Waals surface area contributed by atoms with Gasteiger partial charge in [-0.3, -0.25) is 19.7 Å². The number of carbonyl (C=O) groups excluding carboxylic acids is 3. The Morgan fingerprint density at radius 3 is 2.46 bits per heavy atom. The van der Waals surface area contributed by atoms with Gasteiger partial charge in [0.15, 0.2) is 11.4 Å². The Balaban J connectivity index is 1.79. The lowest BCUT2D eigenvalue weighted by Crippen LogP contribution is -2.66. The lowest BCUT2D eigenvalue weighted by Gasteiger charge is -2.45. The van der Waals surface area contributed by atoms with Crippen LogP contribution in [0.4, 0.5) is 4.79 Å². The Labute approximate surface area is 164 Å². The molecule has 0 spiro atoms. The molecule has 1 aliphatic carbocycles. The number of amides is 2. The molecule has 1 aromatic rings. The lowest BCUT2D eigenvalue weighted by atomic mass is 9.73. The molecular weight excluding hydrogens is 390 g/mol. The van der Waals surface area contributed by atoms with E-state index in [1.165, 1.54) is 0 Å². The molecule has 2 amide bonds. The summed E-state index contributed by atoms with van der Waals surface area (Å²) >= 11 is 0.632. The molecule has 1 saturated heterocycles. The quantitative estimate of drug-likeness (QED) is 0.401. The molecule has 6 atom stereocenters. The van der Waals surface area contributed by atoms with E-state index in [0.29, 0.717) is 17.3 Å². The van der Waals surface area contributed by atoms with Gasteiger partial charge in [0.2, 0.25) is 5.91 Å². The van der Waals surface area contributed by atoms with Gasteiger partial charge in [-0.2, -0.15) is 0 Å². The Bertz CT molecular complexity index is 759. The lowest BCUT2D eigenvalue weighted by molar-refractivity contribution is -0.232. The topological polar surface area (TPSA) is 153 Å². The van der Waals surface area contributed by atoms with Gasteiger partial charge < -0.3 is 25.2 Å². The van der Waals surface area contributed by atoms with E-state index in [2.05, 4.69) is 5.32 Å². The standard InChI is InChI=1S/C18H21NO8S/c20-10-7-18(26,12(21)6-11-16(24)19-17(25)28-11)15(14(23)13(10)22)27-8-9-4-2-1-3-5-9/h1-5,10-11,13-15,20,22-23,26H,6-8H2,(H,19,24,25)/t10-,11?,13?,14-,15?,18?/m1/s1. The number of aliphatic hydroxyl groups is 4. The predicted molar refractivity (Wildman–Crippen MR) is 97.1 cm³/mol. The maximum absolute atomic E-state index is 12.8. The molecule has 9 nitrogen and oxygen atoms in total. The average Bonchev–Trinajstić information content (AvgIpc) is 2.97. The fraction of sp³-hybridized carbons (Fsp3) is 0.500. The van der Waals surface area contributed by atoms with Crippen LogP contribution in [0.25, 0.3) is 0 Å². The second-order valence-corrected chi connectivity index (χ2v) is 8.08. The SMILES string of the molecule is O=C1NC(=O)C(CC(=O)C2(O)C[C@@H](O)C(O)[C@@H](O)C2OCc2ccccc2)S1. The summed E-state index contributed by atoms with van der Waals surface area (Å²) in [5.41, 5.74) is -1.62. The molecule has 152 valence electrons. The van der Waals surface area contributed by atoms with E-state index in [1.54, 1.807) is 30.3 Å². The van der Waals surface area contributed by atoms with Crippen molar-refractivity contribution in [2.24, 2.45) is 0 Å². The van der Waals surface area contributed by atoms with Gasteiger partial charge in [0.05, 0.1) is 12.7 Å². The summed E-state index contributed by atoms with van der Waals surface area (Å²) in [6.45, 7) is -0.0574. The molecule has 1 heterocycles. The van der Waals surface area contributed by atoms with Crippen molar-refractivity contribution < 1.29 is 39.5 Å². The maximum Gasteiger partial charge on any atom is 0.286 e. The minimum absolute atomic E-state index is 0.0574. The number of hydrogen-bond acceptors (Lipinski definition) is 9. The van der Waals surface area contributed by atoms with Gasteiger partial charge in [-0.05, 0) is 5.56 Å². The van der Waals surface area contributed by atoms with Crippen molar-refractivity contribution in [3.8, 4) is 0 Å². The highest BCUT2D eigenvalue weighted by molar-refractivity contribution is 8.15. The van der Waals surface area contributed by atoms with Gasteiger partial charge in [0.1, 0.15) is 23.6 Å². The van der Waals surface area contributed by atoms with Crippen LogP contribution in [0.2, 0.25) is 0 Å². The fourth-order valence-electron chi connectivity index (χ4n) is 3.39. The van der Waals surface area contributed by atoms with Gasteiger partial charge in [-0.25, -0.2) is 0 Å². The predicted octanol–water partition coefficient (Wildman–Crippen LogP) is -0.900. The molecule has 3 rings (SSSR count). The first-order valence-electron chi connectivity index (χ1n) is 8.69. The number of carbonyl (C=O) groups is 3. The first-order valence-corrected chi connectivity index (χ1v) is 9.57. The molecule has 2 aliphatic rings. The molecule has 0 radical (unpaired) electrons. The third-order valence-corrected chi connectivity index (χ3v) is 5.92. The van der Waals surface area contributed by atoms with Crippen LogP contribution in [0.15, 0.2) is 30.3 Å². The van der Waals surface area contributed by atoms with Crippen molar-refractivity contribution in [3.63, 3.8) is 0 Å². The average molecular weight is 411 g/mol. The third kappa shape index (κ3) is 4.12. The van der Waals surface area contributed by atoms with Crippen molar-refractivity contribution >= 4 is 28.7 Å². The van der Waals surface area contributed by atoms with Crippen molar-refractivity contribution in [2.45, 2.75) is 54.7 Å². The highest BCUT2D eigenvalue weighted by Crippen LogP contribution is 2.36. The molecule has 1 aromatic carbocycles. The first-order chi connectivity index (χ1) is 13.2. The molecule has 2 fully saturated rings. The van der Waals surface area contributed by atoms with Crippen molar-refractivity contribution in [3.05, 3.63) is 35.9 Å². The van der Waals surface area contributed by atoms with E-state index < -0.39 is 65.0 Å². The molecule has 0 bridgehead atoms. The Hall–Kier alpha value is -1.82. The minimum atomic E-state index is -2.33. The molecular formula is C18H21NO8S. The van der Waals surface area contributed by atoms with Crippen LogP contribution in [-0.2, 0) is 20.9 Å². The van der Waals surface area contributed by atoms with Gasteiger partial charge >= 0.3 is 0 Å². The summed E-state index contributed by atoms with van der Waals surface area (Å²) in [6.07, 6.45) is -7.49. The largest absolute Gasteiger partial charge is 0.390 e. The van der Waals surface area contributed by atoms with Gasteiger partial charge in [0, 0.05) is 12.8 Å². The maximum atomic E-state index is 12.8. The number of ketones is 1. The Morgan fingerprint density at radius 2 is 1.86 bits per heavy atom. The number of thioether (sulfide) groups is 1. The number of Topliss-reactive ketones (excluding diaryl/α,β-unsaturated/α-hetero) is 1. The first kappa shape index (κ1) is 20.9. The summed E-state index contributed by atoms with van der Waals surface area (Å²) in [6, 6.07) is 8.81. The van der Waals surface area contributed by atoms with Crippen LogP contribution in [0.3, 0.4) is 0 Å². The summed E-state index contributed by atoms with van der Waals surface area (Å²) in [5, 5.41) is 41.7. The number of aliphatic hydroxyl groups excluding tert-OH is 3. The van der Waals surface area contributed by atoms with E-state index in [4.69, 9.17) is 4.74 Å². The number of benzene rings is 1. The number of rotatable bonds is 6. The van der Waals surface area contributed by atoms with E-state index in [1.807, 2.05) is 0 Å². The Kier molecular flexibility index (Phi) is 6.18. The second kappa shape index (κ2) is 8.27. The molecule has 4 unspecified atom stereocenters. The monoisotopic (exact) mass is 411 g/mol. The molecule has 28 heavy (non-hydrogen) atoms. The molecule has 0 aromatic heterocycles. The number of ether oxygens (including phenoxy) is 1. The summed E-state index contributed by atoms with van der Waals surface area (Å²) in [5.74, 6) is -1.51. The summed E-state index contributed by atoms with van der Waals surface area (Å²) in [4.78, 5) is 35.8. The van der Waals surface area contributed by atoms with E-state index in [9.17, 15) is 34.8 Å². The van der Waals surface area contributed by atoms with Gasteiger partial charge in [-0.1, -0.05) is 42.1 Å². The van der Waals surface area contributed by atoms with Crippen LogP contribution < -0.4 is 5.32 Å². The molecule has 5 N–H and O–H groups in total. The van der Waals surface area contributed by atoms with Crippen LogP contribution in [0.1, 0.15) is 18.4 Å². The smallest absolute Gasteiger partial charge is 0.286 e. The zero-order chi connectivity index (χ0) is 20.5. The summed E-state index contributed by atoms with van der Waals surface area (Å²) in [7, 11) is 0. The van der Waals surface area contributed by atoms with Crippen molar-refractivity contribution in [1.82, 2.24) is 5.32 Å². The number of hydrogen-bond donors (Lipinski definition) is 5. The zero-order valence-corrected chi connectivity index (χ0v) is 15.5. The zero-order valence-electron chi connectivity index (χ0n) is 14.7. The van der Waals surface area contributed by atoms with E-state index in [-0.39, 0.29) is 6.61 Å². The van der Waals surface area contributed by atoms with Crippen LogP contribution in [-0.4, -0.2) is 72.6 Å². The molecule has 10 heteroatoms. The van der Waals surface area contributed by atoms with Crippen LogP contribution >= 0.6 is 11.8 Å². The highest BCUT2D eigenvalue weighted by atomic mass is 32.2. The second-order valence-electron chi connectivity index (χ2n) is 6.90. The summed E-state index contributed by atoms with van der Waals surface area (Å²) < 4.78 is 5.58. The number of nitrogens with one attached hydrogen (secondary N) is 1. The van der Waals surface area contributed by atoms with Crippen molar-refractivity contribution in [1.29, 1.82) is 0 Å². The van der Waals surface area contributed by atoms with Crippen LogP contribution in [0, 0.1) is 0 Å². The molecule has 1 saturated carbocycles. The highest BCUT2D eigenvalue weighted by Gasteiger charge is 2.57.